The number of hydrogen-bond acceptors (Lipinski definition) is 4. The first-order valence-electron chi connectivity index (χ1n) is 4.68. The lowest BCUT2D eigenvalue weighted by atomic mass is 10.3. The first-order valence-corrected chi connectivity index (χ1v) is 4.68. The highest BCUT2D eigenvalue weighted by atomic mass is 16.2. The average molecular weight is 217 g/mol. The molecule has 0 aliphatic carbocycles. The monoisotopic (exact) mass is 217 g/mol. The predicted molar refractivity (Wildman–Crippen MR) is 59.8 cm³/mol. The molecule has 1 amide bonds. The quantitative estimate of drug-likeness (QED) is 0.773. The summed E-state index contributed by atoms with van der Waals surface area (Å²) < 4.78 is 1.48. The van der Waals surface area contributed by atoms with Crippen LogP contribution in [0.5, 0.6) is 0 Å². The Morgan fingerprint density at radius 1 is 1.44 bits per heavy atom. The fourth-order valence-electron chi connectivity index (χ4n) is 1.29. The number of amides is 1. The van der Waals surface area contributed by atoms with E-state index in [4.69, 9.17) is 5.73 Å². The summed E-state index contributed by atoms with van der Waals surface area (Å²) in [5, 5.41) is 6.52. The Morgan fingerprint density at radius 3 is 2.88 bits per heavy atom. The number of hydrogen-bond donors (Lipinski definition) is 2. The Hall–Kier alpha value is -2.37. The minimum Gasteiger partial charge on any atom is -0.396 e. The molecule has 0 saturated heterocycles. The second-order valence-electron chi connectivity index (χ2n) is 3.24. The third-order valence-electron chi connectivity index (χ3n) is 2.12. The molecule has 0 unspecified atom stereocenters. The lowest BCUT2D eigenvalue weighted by Gasteiger charge is -2.06. The number of nitrogen functional groups attached to an aromatic ring is 1. The minimum atomic E-state index is -0.287. The van der Waals surface area contributed by atoms with E-state index in [1.54, 1.807) is 37.6 Å². The highest BCUT2D eigenvalue weighted by Crippen LogP contribution is 2.13. The van der Waals surface area contributed by atoms with E-state index in [9.17, 15) is 4.79 Å². The van der Waals surface area contributed by atoms with Gasteiger partial charge in [-0.15, -0.1) is 0 Å². The zero-order chi connectivity index (χ0) is 11.5. The van der Waals surface area contributed by atoms with E-state index in [2.05, 4.69) is 15.4 Å². The molecule has 16 heavy (non-hydrogen) atoms. The molecule has 0 aliphatic heterocycles. The van der Waals surface area contributed by atoms with E-state index >= 15 is 0 Å². The van der Waals surface area contributed by atoms with Crippen LogP contribution in [0.2, 0.25) is 0 Å². The van der Waals surface area contributed by atoms with Crippen LogP contribution in [-0.2, 0) is 7.05 Å². The summed E-state index contributed by atoms with van der Waals surface area (Å²) in [6.07, 6.45) is 3.12. The number of anilines is 2. The fourth-order valence-corrected chi connectivity index (χ4v) is 1.29. The summed E-state index contributed by atoms with van der Waals surface area (Å²) in [7, 11) is 1.69. The third-order valence-corrected chi connectivity index (χ3v) is 2.12. The highest BCUT2D eigenvalue weighted by Gasteiger charge is 2.11. The summed E-state index contributed by atoms with van der Waals surface area (Å²) in [6, 6.07) is 5.00. The normalized spacial score (nSPS) is 10.1. The lowest BCUT2D eigenvalue weighted by Crippen LogP contribution is -2.17. The Morgan fingerprint density at radius 2 is 2.25 bits per heavy atom. The minimum absolute atomic E-state index is 0.287. The molecule has 2 heterocycles. The van der Waals surface area contributed by atoms with Crippen molar-refractivity contribution in [3.63, 3.8) is 0 Å². The third kappa shape index (κ3) is 1.85. The molecule has 6 heteroatoms. The van der Waals surface area contributed by atoms with Crippen molar-refractivity contribution in [2.45, 2.75) is 0 Å². The van der Waals surface area contributed by atoms with Crippen molar-refractivity contribution in [3.05, 3.63) is 36.3 Å². The molecule has 0 saturated carbocycles. The van der Waals surface area contributed by atoms with Gasteiger partial charge in [-0.2, -0.15) is 5.10 Å². The molecule has 3 N–H and O–H groups in total. The molecule has 0 bridgehead atoms. The average Bonchev–Trinajstić information content (AvgIpc) is 2.68. The van der Waals surface area contributed by atoms with Gasteiger partial charge in [0, 0.05) is 19.4 Å². The number of rotatable bonds is 2. The van der Waals surface area contributed by atoms with Crippen molar-refractivity contribution in [3.8, 4) is 0 Å². The largest absolute Gasteiger partial charge is 0.396 e. The van der Waals surface area contributed by atoms with Crippen LogP contribution in [0, 0.1) is 0 Å². The summed E-state index contributed by atoms with van der Waals surface area (Å²) >= 11 is 0. The Labute approximate surface area is 92.1 Å². The van der Waals surface area contributed by atoms with Gasteiger partial charge in [0.05, 0.1) is 5.69 Å². The van der Waals surface area contributed by atoms with Gasteiger partial charge in [0.2, 0.25) is 0 Å². The van der Waals surface area contributed by atoms with Crippen LogP contribution in [0.3, 0.4) is 0 Å². The van der Waals surface area contributed by atoms with Gasteiger partial charge < -0.3 is 11.1 Å². The van der Waals surface area contributed by atoms with Crippen LogP contribution in [-0.4, -0.2) is 20.7 Å². The number of carbonyl (C=O) groups excluding carboxylic acids is 1. The second-order valence-corrected chi connectivity index (χ2v) is 3.24. The van der Waals surface area contributed by atoms with E-state index in [-0.39, 0.29) is 5.91 Å². The Balaban J connectivity index is 2.21. The molecule has 2 aromatic rings. The number of pyridine rings is 1. The van der Waals surface area contributed by atoms with Crippen molar-refractivity contribution in [2.24, 2.45) is 7.05 Å². The number of carbonyl (C=O) groups is 1. The summed E-state index contributed by atoms with van der Waals surface area (Å²) in [5.41, 5.74) is 6.54. The number of nitrogens with one attached hydrogen (secondary N) is 1. The smallest absolute Gasteiger partial charge is 0.275 e. The molecular formula is C10H11N5O. The van der Waals surface area contributed by atoms with Crippen LogP contribution < -0.4 is 11.1 Å². The van der Waals surface area contributed by atoms with Crippen LogP contribution in [0.4, 0.5) is 11.5 Å². The number of nitrogens with two attached hydrogens (primary N) is 1. The lowest BCUT2D eigenvalue weighted by molar-refractivity contribution is 0.101. The van der Waals surface area contributed by atoms with Crippen molar-refractivity contribution in [1.82, 2.24) is 14.8 Å². The highest BCUT2D eigenvalue weighted by molar-refractivity contribution is 6.03. The Kier molecular flexibility index (Phi) is 2.55. The maximum absolute atomic E-state index is 11.8. The summed E-state index contributed by atoms with van der Waals surface area (Å²) in [6.45, 7) is 0. The van der Waals surface area contributed by atoms with Gasteiger partial charge in [-0.3, -0.25) is 9.48 Å². The first kappa shape index (κ1) is 10.2. The molecule has 0 aromatic carbocycles. The second kappa shape index (κ2) is 4.01. The van der Waals surface area contributed by atoms with Crippen LogP contribution >= 0.6 is 0 Å². The van der Waals surface area contributed by atoms with E-state index in [1.807, 2.05) is 0 Å². The van der Waals surface area contributed by atoms with Gasteiger partial charge in [-0.05, 0) is 18.2 Å². The summed E-state index contributed by atoms with van der Waals surface area (Å²) in [5.74, 6) is 0.0686. The van der Waals surface area contributed by atoms with E-state index in [0.717, 1.165) is 0 Å². The van der Waals surface area contributed by atoms with Crippen molar-refractivity contribution < 1.29 is 4.79 Å². The van der Waals surface area contributed by atoms with E-state index in [1.165, 1.54) is 4.68 Å². The number of nitrogens with zero attached hydrogens (tertiary/aromatic N) is 3. The number of aromatic nitrogens is 3. The molecule has 0 radical (unpaired) electrons. The van der Waals surface area contributed by atoms with Gasteiger partial charge in [0.1, 0.15) is 5.69 Å². The fraction of sp³-hybridized carbons (Fsp3) is 0.100. The first-order chi connectivity index (χ1) is 7.68. The van der Waals surface area contributed by atoms with Crippen molar-refractivity contribution >= 4 is 17.4 Å². The van der Waals surface area contributed by atoms with Crippen LogP contribution in [0.1, 0.15) is 10.5 Å². The van der Waals surface area contributed by atoms with Crippen molar-refractivity contribution in [2.75, 3.05) is 11.1 Å². The van der Waals surface area contributed by atoms with E-state index in [0.29, 0.717) is 17.2 Å². The molecular weight excluding hydrogens is 206 g/mol. The zero-order valence-electron chi connectivity index (χ0n) is 8.71. The molecule has 0 spiro atoms. The molecule has 82 valence electrons. The van der Waals surface area contributed by atoms with Crippen LogP contribution in [0.25, 0.3) is 0 Å². The molecule has 0 atom stereocenters. The molecule has 6 nitrogen and oxygen atoms in total. The van der Waals surface area contributed by atoms with Gasteiger partial charge in [-0.25, -0.2) is 4.98 Å². The Bertz CT molecular complexity index is 519. The number of aryl methyl sites for hydroxylation is 1. The molecule has 0 aliphatic rings. The SMILES string of the molecule is Cn1nccc1C(=O)Nc1ncccc1N. The molecule has 2 aromatic heterocycles. The summed E-state index contributed by atoms with van der Waals surface area (Å²) in [4.78, 5) is 15.8. The maximum atomic E-state index is 11.8. The molecule has 0 fully saturated rings. The molecule has 2 rings (SSSR count). The van der Waals surface area contributed by atoms with Gasteiger partial charge in [0.15, 0.2) is 5.82 Å². The van der Waals surface area contributed by atoms with E-state index < -0.39 is 0 Å². The predicted octanol–water partition coefficient (Wildman–Crippen LogP) is 0.650. The topological polar surface area (TPSA) is 85.8 Å². The van der Waals surface area contributed by atoms with Crippen molar-refractivity contribution in [1.29, 1.82) is 0 Å². The maximum Gasteiger partial charge on any atom is 0.275 e. The van der Waals surface area contributed by atoms with Gasteiger partial charge in [0.25, 0.3) is 5.91 Å². The zero-order valence-corrected chi connectivity index (χ0v) is 8.71. The standard InChI is InChI=1S/C10H11N5O/c1-15-8(4-6-13-15)10(16)14-9-7(11)3-2-5-12-9/h2-6H,11H2,1H3,(H,12,14,16). The van der Waals surface area contributed by atoms with Gasteiger partial charge >= 0.3 is 0 Å². The van der Waals surface area contributed by atoms with Gasteiger partial charge in [-0.1, -0.05) is 0 Å². The van der Waals surface area contributed by atoms with Crippen LogP contribution in [0.15, 0.2) is 30.6 Å².